The van der Waals surface area contributed by atoms with Gasteiger partial charge in [0.15, 0.2) is 0 Å². The van der Waals surface area contributed by atoms with Gasteiger partial charge in [-0.05, 0) is 26.7 Å². The van der Waals surface area contributed by atoms with Crippen LogP contribution < -0.4 is 10.1 Å². The van der Waals surface area contributed by atoms with Gasteiger partial charge in [-0.2, -0.15) is 0 Å². The molecule has 1 rings (SSSR count). The molecule has 1 heterocycles. The Morgan fingerprint density at radius 1 is 1.39 bits per heavy atom. The summed E-state index contributed by atoms with van der Waals surface area (Å²) >= 11 is 3.51. The summed E-state index contributed by atoms with van der Waals surface area (Å²) in [6.45, 7) is 9.29. The van der Waals surface area contributed by atoms with Gasteiger partial charge in [-0.25, -0.2) is 0 Å². The monoisotopic (exact) mass is 314 g/mol. The predicted molar refractivity (Wildman–Crippen MR) is 79.5 cm³/mol. The highest BCUT2D eigenvalue weighted by atomic mass is 79.9. The smallest absolute Gasteiger partial charge is 0.128 e. The molecule has 2 unspecified atom stereocenters. The number of halogens is 1. The minimum atomic E-state index is 0.456. The maximum atomic E-state index is 5.42. The van der Waals surface area contributed by atoms with Crippen molar-refractivity contribution in [2.75, 3.05) is 12.4 Å². The second-order valence-corrected chi connectivity index (χ2v) is 5.49. The first kappa shape index (κ1) is 15.4. The van der Waals surface area contributed by atoms with Gasteiger partial charge < -0.3 is 10.1 Å². The van der Waals surface area contributed by atoms with Crippen molar-refractivity contribution < 1.29 is 4.74 Å². The SMILES string of the molecule is COc1c(C)cnc(CNC(C)C(C)CBr)c1C. The molecule has 0 fully saturated rings. The third-order valence-electron chi connectivity index (χ3n) is 3.44. The van der Waals surface area contributed by atoms with Crippen molar-refractivity contribution >= 4 is 15.9 Å². The minimum Gasteiger partial charge on any atom is -0.496 e. The molecular formula is C14H23BrN2O. The van der Waals surface area contributed by atoms with Crippen molar-refractivity contribution in [1.29, 1.82) is 0 Å². The summed E-state index contributed by atoms with van der Waals surface area (Å²) in [7, 11) is 1.71. The number of nitrogens with one attached hydrogen (secondary N) is 1. The van der Waals surface area contributed by atoms with E-state index in [1.165, 1.54) is 0 Å². The Morgan fingerprint density at radius 2 is 2.06 bits per heavy atom. The van der Waals surface area contributed by atoms with Gasteiger partial charge >= 0.3 is 0 Å². The second kappa shape index (κ2) is 7.10. The Kier molecular flexibility index (Phi) is 6.09. The lowest BCUT2D eigenvalue weighted by molar-refractivity contribution is 0.403. The predicted octanol–water partition coefficient (Wildman–Crippen LogP) is 3.22. The van der Waals surface area contributed by atoms with Crippen molar-refractivity contribution in [2.24, 2.45) is 5.92 Å². The maximum Gasteiger partial charge on any atom is 0.128 e. The van der Waals surface area contributed by atoms with Crippen molar-refractivity contribution in [2.45, 2.75) is 40.3 Å². The fourth-order valence-corrected chi connectivity index (χ4v) is 2.40. The summed E-state index contributed by atoms with van der Waals surface area (Å²) in [5.74, 6) is 1.54. The van der Waals surface area contributed by atoms with E-state index >= 15 is 0 Å². The average Bonchev–Trinajstić information content (AvgIpc) is 2.37. The van der Waals surface area contributed by atoms with Crippen LogP contribution in [-0.4, -0.2) is 23.5 Å². The number of methoxy groups -OCH3 is 1. The summed E-state index contributed by atoms with van der Waals surface area (Å²) in [4.78, 5) is 4.49. The van der Waals surface area contributed by atoms with Crippen LogP contribution >= 0.6 is 15.9 Å². The lowest BCUT2D eigenvalue weighted by Crippen LogP contribution is -2.32. The Hall–Kier alpha value is -0.610. The molecule has 0 aliphatic carbocycles. The molecule has 1 aromatic heterocycles. The average molecular weight is 315 g/mol. The van der Waals surface area contributed by atoms with Crippen LogP contribution in [0.25, 0.3) is 0 Å². The summed E-state index contributed by atoms with van der Waals surface area (Å²) in [6.07, 6.45) is 1.88. The third-order valence-corrected chi connectivity index (χ3v) is 4.46. The molecule has 102 valence electrons. The van der Waals surface area contributed by atoms with Crippen LogP contribution in [0.5, 0.6) is 5.75 Å². The molecular weight excluding hydrogens is 292 g/mol. The zero-order valence-corrected chi connectivity index (χ0v) is 13.5. The molecule has 0 spiro atoms. The van der Waals surface area contributed by atoms with Gasteiger partial charge in [0.1, 0.15) is 5.75 Å². The van der Waals surface area contributed by atoms with Crippen LogP contribution in [0.15, 0.2) is 6.20 Å². The van der Waals surface area contributed by atoms with E-state index in [4.69, 9.17) is 4.74 Å². The molecule has 0 radical (unpaired) electrons. The van der Waals surface area contributed by atoms with Crippen LogP contribution in [0, 0.1) is 19.8 Å². The first-order valence-corrected chi connectivity index (χ1v) is 7.41. The van der Waals surface area contributed by atoms with Crippen molar-refractivity contribution in [1.82, 2.24) is 10.3 Å². The topological polar surface area (TPSA) is 34.1 Å². The minimum absolute atomic E-state index is 0.456. The van der Waals surface area contributed by atoms with E-state index < -0.39 is 0 Å². The van der Waals surface area contributed by atoms with Crippen molar-refractivity contribution in [3.05, 3.63) is 23.0 Å². The van der Waals surface area contributed by atoms with Crippen molar-refractivity contribution in [3.63, 3.8) is 0 Å². The molecule has 4 heteroatoms. The van der Waals surface area contributed by atoms with Crippen molar-refractivity contribution in [3.8, 4) is 5.75 Å². The van der Waals surface area contributed by atoms with E-state index in [1.54, 1.807) is 7.11 Å². The molecule has 1 N–H and O–H groups in total. The molecule has 1 aromatic rings. The normalized spacial score (nSPS) is 14.3. The molecule has 18 heavy (non-hydrogen) atoms. The lowest BCUT2D eigenvalue weighted by atomic mass is 10.1. The van der Waals surface area contributed by atoms with Crippen LogP contribution in [0.1, 0.15) is 30.7 Å². The van der Waals surface area contributed by atoms with E-state index in [0.29, 0.717) is 12.0 Å². The highest BCUT2D eigenvalue weighted by Gasteiger charge is 2.13. The highest BCUT2D eigenvalue weighted by Crippen LogP contribution is 2.23. The number of pyridine rings is 1. The van der Waals surface area contributed by atoms with E-state index in [0.717, 1.165) is 34.4 Å². The quantitative estimate of drug-likeness (QED) is 0.819. The Labute approximate surface area is 118 Å². The standard InChI is InChI=1S/C14H23BrN2O/c1-9(6-15)12(4)16-8-13-11(3)14(18-5)10(2)7-17-13/h7,9,12,16H,6,8H2,1-5H3. The van der Waals surface area contributed by atoms with E-state index in [1.807, 2.05) is 13.1 Å². The zero-order chi connectivity index (χ0) is 13.7. The Balaban J connectivity index is 2.74. The third kappa shape index (κ3) is 3.69. The van der Waals surface area contributed by atoms with Crippen LogP contribution in [0.4, 0.5) is 0 Å². The summed E-state index contributed by atoms with van der Waals surface area (Å²) < 4.78 is 5.42. The molecule has 0 aromatic carbocycles. The first-order valence-electron chi connectivity index (χ1n) is 6.29. The largest absolute Gasteiger partial charge is 0.496 e. The van der Waals surface area contributed by atoms with Gasteiger partial charge in [-0.15, -0.1) is 0 Å². The molecule has 0 saturated carbocycles. The number of ether oxygens (including phenoxy) is 1. The van der Waals surface area contributed by atoms with Gasteiger partial charge in [-0.1, -0.05) is 22.9 Å². The zero-order valence-electron chi connectivity index (χ0n) is 11.9. The van der Waals surface area contributed by atoms with Gasteiger partial charge in [0, 0.05) is 35.2 Å². The number of aryl methyl sites for hydroxylation is 1. The fraction of sp³-hybridized carbons (Fsp3) is 0.643. The number of hydrogen-bond acceptors (Lipinski definition) is 3. The van der Waals surface area contributed by atoms with Gasteiger partial charge in [0.2, 0.25) is 0 Å². The second-order valence-electron chi connectivity index (χ2n) is 4.85. The summed E-state index contributed by atoms with van der Waals surface area (Å²) in [5.41, 5.74) is 3.27. The Bertz CT molecular complexity index is 396. The molecule has 0 saturated heterocycles. The maximum absolute atomic E-state index is 5.42. The Morgan fingerprint density at radius 3 is 2.61 bits per heavy atom. The number of nitrogens with zero attached hydrogens (tertiary/aromatic N) is 1. The molecule has 0 aliphatic rings. The van der Waals surface area contributed by atoms with E-state index in [9.17, 15) is 0 Å². The summed E-state index contributed by atoms with van der Waals surface area (Å²) in [6, 6.07) is 0.456. The summed E-state index contributed by atoms with van der Waals surface area (Å²) in [5, 5.41) is 4.52. The lowest BCUT2D eigenvalue weighted by Gasteiger charge is -2.20. The molecule has 0 bridgehead atoms. The number of alkyl halides is 1. The molecule has 0 amide bonds. The fourth-order valence-electron chi connectivity index (χ4n) is 1.84. The van der Waals surface area contributed by atoms with Gasteiger partial charge in [0.25, 0.3) is 0 Å². The number of rotatable bonds is 6. The van der Waals surface area contributed by atoms with Gasteiger partial charge in [0.05, 0.1) is 12.8 Å². The highest BCUT2D eigenvalue weighted by molar-refractivity contribution is 9.09. The van der Waals surface area contributed by atoms with Crippen LogP contribution in [-0.2, 0) is 6.54 Å². The number of hydrogen-bond donors (Lipinski definition) is 1. The van der Waals surface area contributed by atoms with E-state index in [-0.39, 0.29) is 0 Å². The molecule has 0 aliphatic heterocycles. The van der Waals surface area contributed by atoms with E-state index in [2.05, 4.69) is 47.0 Å². The number of aromatic nitrogens is 1. The molecule has 3 nitrogen and oxygen atoms in total. The van der Waals surface area contributed by atoms with Crippen LogP contribution in [0.2, 0.25) is 0 Å². The van der Waals surface area contributed by atoms with Gasteiger partial charge in [-0.3, -0.25) is 4.98 Å². The molecule has 2 atom stereocenters. The van der Waals surface area contributed by atoms with Crippen LogP contribution in [0.3, 0.4) is 0 Å². The first-order chi connectivity index (χ1) is 8.51.